The number of methoxy groups -OCH3 is 1. The monoisotopic (exact) mass is 446 g/mol. The Balaban J connectivity index is 1.73. The maximum atomic E-state index is 13.2. The lowest BCUT2D eigenvalue weighted by Gasteiger charge is -2.23. The highest BCUT2D eigenvalue weighted by molar-refractivity contribution is 6.35. The van der Waals surface area contributed by atoms with Crippen LogP contribution in [0.15, 0.2) is 51.7 Å². The number of benzene rings is 2. The molecule has 1 unspecified atom stereocenters. The maximum absolute atomic E-state index is 13.2. The fourth-order valence-corrected chi connectivity index (χ4v) is 4.15. The molecule has 3 amide bonds. The van der Waals surface area contributed by atoms with Crippen molar-refractivity contribution < 1.29 is 18.7 Å². The Bertz CT molecular complexity index is 1260. The van der Waals surface area contributed by atoms with E-state index in [2.05, 4.69) is 5.32 Å². The Labute approximate surface area is 181 Å². The van der Waals surface area contributed by atoms with Gasteiger partial charge in [-0.2, -0.15) is 0 Å². The van der Waals surface area contributed by atoms with Gasteiger partial charge in [-0.1, -0.05) is 29.3 Å². The lowest BCUT2D eigenvalue weighted by Crippen LogP contribution is -2.41. The molecule has 154 valence electrons. The van der Waals surface area contributed by atoms with Crippen LogP contribution >= 0.6 is 23.2 Å². The number of nitrogens with one attached hydrogen (secondary N) is 1. The van der Waals surface area contributed by atoms with Crippen LogP contribution in [0, 0.1) is 0 Å². The molecule has 4 rings (SSSR count). The molecular weight excluding hydrogens is 431 g/mol. The van der Waals surface area contributed by atoms with Crippen molar-refractivity contribution in [1.82, 2.24) is 10.2 Å². The molecule has 0 radical (unpaired) electrons. The minimum Gasteiger partial charge on any atom is -0.497 e. The average Bonchev–Trinajstić information content (AvgIpc) is 2.90. The van der Waals surface area contributed by atoms with Gasteiger partial charge in [0.2, 0.25) is 0 Å². The topological polar surface area (TPSA) is 88.9 Å². The Kier molecular flexibility index (Phi) is 4.95. The zero-order chi connectivity index (χ0) is 21.6. The molecule has 2 heterocycles. The van der Waals surface area contributed by atoms with Crippen LogP contribution < -0.4 is 15.7 Å². The van der Waals surface area contributed by atoms with Crippen LogP contribution in [0.1, 0.15) is 18.1 Å². The van der Waals surface area contributed by atoms with Crippen LogP contribution in [0.5, 0.6) is 5.75 Å². The third kappa shape index (κ3) is 3.30. The van der Waals surface area contributed by atoms with E-state index in [1.54, 1.807) is 37.3 Å². The van der Waals surface area contributed by atoms with Crippen LogP contribution in [-0.4, -0.2) is 23.9 Å². The summed E-state index contributed by atoms with van der Waals surface area (Å²) in [6, 6.07) is 10.4. The molecule has 1 saturated heterocycles. The molecule has 0 bridgehead atoms. The number of amides is 3. The highest BCUT2D eigenvalue weighted by Crippen LogP contribution is 2.36. The number of hydrogen-bond acceptors (Lipinski definition) is 5. The first-order chi connectivity index (χ1) is 14.2. The molecule has 1 N–H and O–H groups in total. The van der Waals surface area contributed by atoms with Crippen molar-refractivity contribution in [3.63, 3.8) is 0 Å². The number of hydrogen-bond donors (Lipinski definition) is 1. The van der Waals surface area contributed by atoms with Crippen molar-refractivity contribution in [3.8, 4) is 5.75 Å². The number of urea groups is 1. The third-order valence-corrected chi connectivity index (χ3v) is 5.66. The lowest BCUT2D eigenvalue weighted by atomic mass is 9.92. The van der Waals surface area contributed by atoms with Crippen LogP contribution in [-0.2, 0) is 16.9 Å². The summed E-state index contributed by atoms with van der Waals surface area (Å²) in [5.41, 5.74) is -0.763. The van der Waals surface area contributed by atoms with Crippen molar-refractivity contribution >= 4 is 46.1 Å². The second-order valence-electron chi connectivity index (χ2n) is 7.02. The van der Waals surface area contributed by atoms with Gasteiger partial charge in [0.15, 0.2) is 0 Å². The van der Waals surface area contributed by atoms with Crippen molar-refractivity contribution in [1.29, 1.82) is 0 Å². The molecule has 1 aliphatic heterocycles. The number of fused-ring (bicyclic) bond motifs is 1. The summed E-state index contributed by atoms with van der Waals surface area (Å²) in [7, 11) is 1.50. The van der Waals surface area contributed by atoms with E-state index < -0.39 is 23.1 Å². The minimum absolute atomic E-state index is 0.111. The summed E-state index contributed by atoms with van der Waals surface area (Å²) in [4.78, 5) is 39.0. The van der Waals surface area contributed by atoms with Gasteiger partial charge in [0, 0.05) is 33.1 Å². The number of halogens is 2. The maximum Gasteiger partial charge on any atom is 0.336 e. The lowest BCUT2D eigenvalue weighted by molar-refractivity contribution is -0.131. The van der Waals surface area contributed by atoms with E-state index in [1.165, 1.54) is 19.2 Å². The minimum atomic E-state index is -1.36. The molecule has 2 aromatic carbocycles. The van der Waals surface area contributed by atoms with Gasteiger partial charge in [-0.25, -0.2) is 9.59 Å². The zero-order valence-electron chi connectivity index (χ0n) is 16.0. The van der Waals surface area contributed by atoms with Gasteiger partial charge in [0.1, 0.15) is 16.9 Å². The molecule has 30 heavy (non-hydrogen) atoms. The molecule has 0 spiro atoms. The predicted octanol–water partition coefficient (Wildman–Crippen LogP) is 4.08. The Morgan fingerprint density at radius 3 is 2.57 bits per heavy atom. The van der Waals surface area contributed by atoms with Gasteiger partial charge in [-0.05, 0) is 36.8 Å². The summed E-state index contributed by atoms with van der Waals surface area (Å²) in [5.74, 6) is 0.0226. The summed E-state index contributed by atoms with van der Waals surface area (Å²) in [5, 5.41) is 3.97. The van der Waals surface area contributed by atoms with Crippen molar-refractivity contribution in [2.75, 3.05) is 7.11 Å². The number of carbonyl (C=O) groups is 2. The number of ether oxygens (including phenoxy) is 1. The van der Waals surface area contributed by atoms with Crippen LogP contribution in [0.3, 0.4) is 0 Å². The molecule has 0 aliphatic carbocycles. The van der Waals surface area contributed by atoms with Gasteiger partial charge in [0.25, 0.3) is 5.91 Å². The molecule has 1 fully saturated rings. The standard InChI is InChI=1S/C21H16Cl2N2O5/c1-21(15-6-3-12(22)8-16(15)23)19(27)25(20(28)24-21)10-11-7-18(26)30-17-9-13(29-2)4-5-14(11)17/h3-9H,10H2,1-2H3,(H,24,28). The third-order valence-electron chi connectivity index (χ3n) is 5.11. The predicted molar refractivity (Wildman–Crippen MR) is 112 cm³/mol. The molecule has 0 saturated carbocycles. The van der Waals surface area contributed by atoms with E-state index in [-0.39, 0.29) is 11.6 Å². The summed E-state index contributed by atoms with van der Waals surface area (Å²) < 4.78 is 10.4. The van der Waals surface area contributed by atoms with Gasteiger partial charge in [-0.15, -0.1) is 0 Å². The van der Waals surface area contributed by atoms with Gasteiger partial charge < -0.3 is 14.5 Å². The fourth-order valence-electron chi connectivity index (χ4n) is 3.56. The Hall–Kier alpha value is -3.03. The summed E-state index contributed by atoms with van der Waals surface area (Å²) in [6.45, 7) is 1.46. The number of rotatable bonds is 4. The largest absolute Gasteiger partial charge is 0.497 e. The summed E-state index contributed by atoms with van der Waals surface area (Å²) in [6.07, 6.45) is 0. The van der Waals surface area contributed by atoms with E-state index in [4.69, 9.17) is 32.4 Å². The van der Waals surface area contributed by atoms with Gasteiger partial charge in [0.05, 0.1) is 13.7 Å². The first kappa shape index (κ1) is 20.3. The highest BCUT2D eigenvalue weighted by Gasteiger charge is 2.50. The number of nitrogens with zero attached hydrogens (tertiary/aromatic N) is 1. The van der Waals surface area contributed by atoms with Gasteiger partial charge >= 0.3 is 11.7 Å². The quantitative estimate of drug-likeness (QED) is 0.481. The molecule has 9 heteroatoms. The number of imide groups is 1. The van der Waals surface area contributed by atoms with E-state index >= 15 is 0 Å². The van der Waals surface area contributed by atoms with E-state index in [0.29, 0.717) is 32.9 Å². The molecule has 1 aromatic heterocycles. The average molecular weight is 447 g/mol. The molecule has 1 atom stereocenters. The first-order valence-corrected chi connectivity index (χ1v) is 9.69. The second kappa shape index (κ2) is 7.34. The van der Waals surface area contributed by atoms with Crippen LogP contribution in [0.4, 0.5) is 4.79 Å². The highest BCUT2D eigenvalue weighted by atomic mass is 35.5. The van der Waals surface area contributed by atoms with Crippen molar-refractivity contribution in [2.45, 2.75) is 19.0 Å². The van der Waals surface area contributed by atoms with Crippen LogP contribution in [0.25, 0.3) is 11.0 Å². The molecule has 1 aliphatic rings. The SMILES string of the molecule is COc1ccc2c(CN3C(=O)NC(C)(c4ccc(Cl)cc4Cl)C3=O)cc(=O)oc2c1. The van der Waals surface area contributed by atoms with Crippen LogP contribution in [0.2, 0.25) is 10.0 Å². The van der Waals surface area contributed by atoms with E-state index in [0.717, 1.165) is 4.90 Å². The fraction of sp³-hybridized carbons (Fsp3) is 0.190. The normalized spacial score (nSPS) is 18.7. The Morgan fingerprint density at radius 2 is 1.87 bits per heavy atom. The van der Waals surface area contributed by atoms with Crippen molar-refractivity contribution in [2.24, 2.45) is 0 Å². The van der Waals surface area contributed by atoms with E-state index in [9.17, 15) is 14.4 Å². The smallest absolute Gasteiger partial charge is 0.336 e. The van der Waals surface area contributed by atoms with Crippen molar-refractivity contribution in [3.05, 3.63) is 74.1 Å². The second-order valence-corrected chi connectivity index (χ2v) is 7.87. The molecular formula is C21H16Cl2N2O5. The Morgan fingerprint density at radius 1 is 1.10 bits per heavy atom. The molecule has 3 aromatic rings. The molecule has 7 nitrogen and oxygen atoms in total. The van der Waals surface area contributed by atoms with E-state index in [1.807, 2.05) is 0 Å². The first-order valence-electron chi connectivity index (χ1n) is 8.93. The number of carbonyl (C=O) groups excluding carboxylic acids is 2. The summed E-state index contributed by atoms with van der Waals surface area (Å²) >= 11 is 12.2. The van der Waals surface area contributed by atoms with Gasteiger partial charge in [-0.3, -0.25) is 9.69 Å². The zero-order valence-corrected chi connectivity index (χ0v) is 17.5.